The molecule has 0 amide bonds. The molecule has 0 saturated heterocycles. The molecule has 0 radical (unpaired) electrons. The van der Waals surface area contributed by atoms with E-state index in [-0.39, 0.29) is 11.4 Å². The van der Waals surface area contributed by atoms with Gasteiger partial charge in [-0.3, -0.25) is 4.68 Å². The van der Waals surface area contributed by atoms with E-state index in [0.29, 0.717) is 18.9 Å². The number of para-hydroxylation sites is 1. The normalized spacial score (nSPS) is 13.4. The number of fused-ring (bicyclic) bond motifs is 1. The second kappa shape index (κ2) is 5.83. The van der Waals surface area contributed by atoms with Crippen molar-refractivity contribution in [1.82, 2.24) is 14.5 Å². The molecule has 6 nitrogen and oxygen atoms in total. The van der Waals surface area contributed by atoms with Crippen LogP contribution in [0.4, 0.5) is 0 Å². The van der Waals surface area contributed by atoms with Gasteiger partial charge in [-0.2, -0.15) is 5.10 Å². The van der Waals surface area contributed by atoms with E-state index in [9.17, 15) is 8.42 Å². The Balaban J connectivity index is 1.77. The minimum atomic E-state index is -3.64. The van der Waals surface area contributed by atoms with E-state index < -0.39 is 10.0 Å². The smallest absolute Gasteiger partial charge is 0.244 e. The number of hydrogen-bond acceptors (Lipinski definition) is 4. The lowest BCUT2D eigenvalue weighted by atomic mass is 10.2. The van der Waals surface area contributed by atoms with Crippen molar-refractivity contribution in [3.05, 3.63) is 41.7 Å². The first-order valence-electron chi connectivity index (χ1n) is 6.79. The number of benzene rings is 1. The lowest BCUT2D eigenvalue weighted by Gasteiger charge is -2.09. The standard InChI is InChI=1S/C15H15N3O3S/c1-2-7-18-11-12(9-16-18)10-17-22(19,20)14-5-3-4-13-6-8-21-15(13)14/h1,3-5,9,11,17H,6-8,10H2. The fourth-order valence-electron chi connectivity index (χ4n) is 2.33. The molecule has 0 unspecified atom stereocenters. The third kappa shape index (κ3) is 2.84. The van der Waals surface area contributed by atoms with Crippen LogP contribution < -0.4 is 9.46 Å². The second-order valence-corrected chi connectivity index (χ2v) is 6.65. The Labute approximate surface area is 129 Å². The van der Waals surface area contributed by atoms with Gasteiger partial charge in [-0.1, -0.05) is 18.1 Å². The van der Waals surface area contributed by atoms with Gasteiger partial charge >= 0.3 is 0 Å². The van der Waals surface area contributed by atoms with E-state index in [1.54, 1.807) is 29.2 Å². The molecule has 1 aromatic carbocycles. The molecular formula is C15H15N3O3S. The maximum atomic E-state index is 12.4. The molecule has 2 heterocycles. The van der Waals surface area contributed by atoms with Crippen molar-refractivity contribution in [2.75, 3.05) is 6.61 Å². The van der Waals surface area contributed by atoms with E-state index >= 15 is 0 Å². The van der Waals surface area contributed by atoms with Crippen molar-refractivity contribution >= 4 is 10.0 Å². The molecule has 7 heteroatoms. The van der Waals surface area contributed by atoms with Crippen LogP contribution in [0, 0.1) is 12.3 Å². The first kappa shape index (κ1) is 14.6. The number of rotatable bonds is 5. The molecule has 0 aliphatic carbocycles. The lowest BCUT2D eigenvalue weighted by Crippen LogP contribution is -2.23. The Bertz CT molecular complexity index is 834. The minimum Gasteiger partial charge on any atom is -0.492 e. The molecule has 0 bridgehead atoms. The van der Waals surface area contributed by atoms with E-state index in [2.05, 4.69) is 15.7 Å². The summed E-state index contributed by atoms with van der Waals surface area (Å²) in [4.78, 5) is 0.179. The number of nitrogens with one attached hydrogen (secondary N) is 1. The third-order valence-corrected chi connectivity index (χ3v) is 4.80. The van der Waals surface area contributed by atoms with Gasteiger partial charge in [0.15, 0.2) is 0 Å². The average Bonchev–Trinajstić information content (AvgIpc) is 3.13. The molecule has 0 atom stereocenters. The highest BCUT2D eigenvalue weighted by molar-refractivity contribution is 7.89. The molecule has 1 aliphatic heterocycles. The van der Waals surface area contributed by atoms with Crippen LogP contribution in [-0.2, 0) is 29.5 Å². The molecule has 22 heavy (non-hydrogen) atoms. The van der Waals surface area contributed by atoms with Crippen LogP contribution in [0.1, 0.15) is 11.1 Å². The van der Waals surface area contributed by atoms with Gasteiger partial charge in [-0.05, 0) is 11.6 Å². The van der Waals surface area contributed by atoms with E-state index in [1.807, 2.05) is 6.07 Å². The van der Waals surface area contributed by atoms with Gasteiger partial charge in [-0.25, -0.2) is 13.1 Å². The molecule has 1 aromatic heterocycles. The minimum absolute atomic E-state index is 0.149. The zero-order valence-electron chi connectivity index (χ0n) is 11.8. The predicted octanol–water partition coefficient (Wildman–Crippen LogP) is 0.930. The number of nitrogens with zero attached hydrogens (tertiary/aromatic N) is 2. The molecule has 0 spiro atoms. The second-order valence-electron chi connectivity index (χ2n) is 4.92. The monoisotopic (exact) mass is 317 g/mol. The fraction of sp³-hybridized carbons (Fsp3) is 0.267. The topological polar surface area (TPSA) is 73.2 Å². The SMILES string of the molecule is C#CCn1cc(CNS(=O)(=O)c2cccc3c2OCC3)cn1. The summed E-state index contributed by atoms with van der Waals surface area (Å²) in [5.74, 6) is 2.93. The maximum Gasteiger partial charge on any atom is 0.244 e. The first-order chi connectivity index (χ1) is 10.6. The molecule has 2 aromatic rings. The van der Waals surface area contributed by atoms with Crippen molar-refractivity contribution in [2.45, 2.75) is 24.4 Å². The summed E-state index contributed by atoms with van der Waals surface area (Å²) in [5.41, 5.74) is 1.66. The highest BCUT2D eigenvalue weighted by Gasteiger charge is 2.24. The van der Waals surface area contributed by atoms with Crippen LogP contribution in [-0.4, -0.2) is 24.8 Å². The maximum absolute atomic E-state index is 12.4. The lowest BCUT2D eigenvalue weighted by molar-refractivity contribution is 0.348. The molecular weight excluding hydrogens is 302 g/mol. The summed E-state index contributed by atoms with van der Waals surface area (Å²) in [6.45, 7) is 1.02. The van der Waals surface area contributed by atoms with Gasteiger partial charge in [0.25, 0.3) is 0 Å². The Morgan fingerprint density at radius 2 is 2.32 bits per heavy atom. The van der Waals surface area contributed by atoms with Crippen LogP contribution >= 0.6 is 0 Å². The zero-order chi connectivity index (χ0) is 15.6. The van der Waals surface area contributed by atoms with Crippen molar-refractivity contribution in [2.24, 2.45) is 0 Å². The number of hydrogen-bond donors (Lipinski definition) is 1. The van der Waals surface area contributed by atoms with E-state index in [1.165, 1.54) is 0 Å². The Kier molecular flexibility index (Phi) is 3.88. The Hall–Kier alpha value is -2.30. The summed E-state index contributed by atoms with van der Waals surface area (Å²) in [5, 5.41) is 4.05. The Morgan fingerprint density at radius 3 is 3.14 bits per heavy atom. The highest BCUT2D eigenvalue weighted by Crippen LogP contribution is 2.32. The van der Waals surface area contributed by atoms with E-state index in [4.69, 9.17) is 11.2 Å². The Morgan fingerprint density at radius 1 is 1.45 bits per heavy atom. The number of aromatic nitrogens is 2. The van der Waals surface area contributed by atoms with Crippen LogP contribution in [0.3, 0.4) is 0 Å². The zero-order valence-corrected chi connectivity index (χ0v) is 12.6. The summed E-state index contributed by atoms with van der Waals surface area (Å²) in [6.07, 6.45) is 9.24. The molecule has 114 valence electrons. The van der Waals surface area contributed by atoms with Crippen LogP contribution in [0.15, 0.2) is 35.5 Å². The first-order valence-corrected chi connectivity index (χ1v) is 8.27. The number of ether oxygens (including phenoxy) is 1. The average molecular weight is 317 g/mol. The van der Waals surface area contributed by atoms with Gasteiger partial charge in [-0.15, -0.1) is 6.42 Å². The van der Waals surface area contributed by atoms with Gasteiger partial charge in [0, 0.05) is 24.7 Å². The quantitative estimate of drug-likeness (QED) is 0.833. The number of terminal acetylenes is 1. The largest absolute Gasteiger partial charge is 0.492 e. The van der Waals surface area contributed by atoms with E-state index in [0.717, 1.165) is 17.5 Å². The molecule has 3 rings (SSSR count). The summed E-state index contributed by atoms with van der Waals surface area (Å²) in [7, 11) is -3.64. The molecule has 1 N–H and O–H groups in total. The van der Waals surface area contributed by atoms with Crippen LogP contribution in [0.5, 0.6) is 5.75 Å². The van der Waals surface area contributed by atoms with Gasteiger partial charge in [0.05, 0.1) is 12.8 Å². The predicted molar refractivity (Wildman–Crippen MR) is 80.7 cm³/mol. The van der Waals surface area contributed by atoms with Gasteiger partial charge in [0.1, 0.15) is 17.2 Å². The fourth-order valence-corrected chi connectivity index (χ4v) is 3.53. The van der Waals surface area contributed by atoms with Gasteiger partial charge in [0.2, 0.25) is 10.0 Å². The van der Waals surface area contributed by atoms with Crippen molar-refractivity contribution in [3.63, 3.8) is 0 Å². The molecule has 0 saturated carbocycles. The van der Waals surface area contributed by atoms with Crippen LogP contribution in [0.2, 0.25) is 0 Å². The van der Waals surface area contributed by atoms with Crippen molar-refractivity contribution in [1.29, 1.82) is 0 Å². The summed E-state index contributed by atoms with van der Waals surface area (Å²) in [6, 6.07) is 5.16. The van der Waals surface area contributed by atoms with Crippen molar-refractivity contribution in [3.8, 4) is 18.1 Å². The number of sulfonamides is 1. The highest BCUT2D eigenvalue weighted by atomic mass is 32.2. The third-order valence-electron chi connectivity index (χ3n) is 3.37. The van der Waals surface area contributed by atoms with Gasteiger partial charge < -0.3 is 4.74 Å². The summed E-state index contributed by atoms with van der Waals surface area (Å²) < 4.78 is 34.5. The molecule has 1 aliphatic rings. The van der Waals surface area contributed by atoms with Crippen molar-refractivity contribution < 1.29 is 13.2 Å². The van der Waals surface area contributed by atoms with Crippen LogP contribution in [0.25, 0.3) is 0 Å². The molecule has 0 fully saturated rings. The summed E-state index contributed by atoms with van der Waals surface area (Å²) >= 11 is 0.